The summed E-state index contributed by atoms with van der Waals surface area (Å²) >= 11 is 0. The van der Waals surface area contributed by atoms with E-state index >= 15 is 0 Å². The third-order valence-corrected chi connectivity index (χ3v) is 2.01. The van der Waals surface area contributed by atoms with Gasteiger partial charge < -0.3 is 5.32 Å². The van der Waals surface area contributed by atoms with E-state index in [2.05, 4.69) is 5.32 Å². The summed E-state index contributed by atoms with van der Waals surface area (Å²) in [6, 6.07) is 3.37. The van der Waals surface area contributed by atoms with E-state index in [-0.39, 0.29) is 10.6 Å². The molecule has 0 saturated carbocycles. The first-order chi connectivity index (χ1) is 6.06. The van der Waals surface area contributed by atoms with Crippen LogP contribution in [0, 0.1) is 24.0 Å². The summed E-state index contributed by atoms with van der Waals surface area (Å²) in [7, 11) is 1.75. The molecule has 0 aliphatic rings. The van der Waals surface area contributed by atoms with E-state index in [0.29, 0.717) is 5.56 Å². The molecule has 0 saturated heterocycles. The second-order valence-corrected chi connectivity index (χ2v) is 2.96. The molecule has 1 aromatic carbocycles. The average molecular weight is 180 g/mol. The number of benzene rings is 1. The van der Waals surface area contributed by atoms with Crippen molar-refractivity contribution < 1.29 is 4.92 Å². The molecule has 1 rings (SSSR count). The predicted molar refractivity (Wildman–Crippen MR) is 52.1 cm³/mol. The number of anilines is 1. The second kappa shape index (κ2) is 3.43. The van der Waals surface area contributed by atoms with Crippen molar-refractivity contribution in [2.24, 2.45) is 0 Å². The Morgan fingerprint density at radius 2 is 1.92 bits per heavy atom. The highest BCUT2D eigenvalue weighted by Gasteiger charge is 2.12. The molecule has 0 spiro atoms. The minimum absolute atomic E-state index is 0.162. The Morgan fingerprint density at radius 3 is 2.38 bits per heavy atom. The summed E-state index contributed by atoms with van der Waals surface area (Å²) in [5, 5.41) is 13.5. The molecule has 13 heavy (non-hydrogen) atoms. The molecule has 0 bridgehead atoms. The molecule has 0 amide bonds. The fraction of sp³-hybridized carbons (Fsp3) is 0.333. The molecule has 70 valence electrons. The van der Waals surface area contributed by atoms with Gasteiger partial charge in [0.1, 0.15) is 0 Å². The molecule has 0 atom stereocenters. The van der Waals surface area contributed by atoms with Gasteiger partial charge in [0.2, 0.25) is 0 Å². The van der Waals surface area contributed by atoms with Gasteiger partial charge in [-0.05, 0) is 25.5 Å². The largest absolute Gasteiger partial charge is 0.388 e. The van der Waals surface area contributed by atoms with E-state index in [1.54, 1.807) is 20.0 Å². The van der Waals surface area contributed by atoms with E-state index < -0.39 is 0 Å². The highest BCUT2D eigenvalue weighted by Crippen LogP contribution is 2.25. The van der Waals surface area contributed by atoms with E-state index in [1.165, 1.54) is 0 Å². The summed E-state index contributed by atoms with van der Waals surface area (Å²) in [5.41, 5.74) is 2.68. The van der Waals surface area contributed by atoms with Gasteiger partial charge in [0, 0.05) is 24.4 Å². The quantitative estimate of drug-likeness (QED) is 0.561. The molecule has 4 nitrogen and oxygen atoms in total. The number of nitro benzene ring substituents is 1. The SMILES string of the molecule is CNc1cc([N+](=O)[O-])c(C)cc1C. The maximum absolute atomic E-state index is 10.6. The van der Waals surface area contributed by atoms with E-state index in [4.69, 9.17) is 0 Å². The number of nitro groups is 1. The zero-order valence-electron chi connectivity index (χ0n) is 7.92. The topological polar surface area (TPSA) is 55.2 Å². The van der Waals surface area contributed by atoms with E-state index in [9.17, 15) is 10.1 Å². The van der Waals surface area contributed by atoms with Crippen LogP contribution >= 0.6 is 0 Å². The average Bonchev–Trinajstić information content (AvgIpc) is 2.03. The van der Waals surface area contributed by atoms with Gasteiger partial charge in [-0.2, -0.15) is 0 Å². The zero-order chi connectivity index (χ0) is 10.0. The Balaban J connectivity index is 3.30. The number of hydrogen-bond acceptors (Lipinski definition) is 3. The highest BCUT2D eigenvalue weighted by molar-refractivity contribution is 5.59. The van der Waals surface area contributed by atoms with Crippen LogP contribution in [-0.2, 0) is 0 Å². The Kier molecular flexibility index (Phi) is 2.51. The Labute approximate surface area is 76.7 Å². The van der Waals surface area contributed by atoms with Gasteiger partial charge >= 0.3 is 0 Å². The lowest BCUT2D eigenvalue weighted by molar-refractivity contribution is -0.385. The Hall–Kier alpha value is -1.58. The fourth-order valence-electron chi connectivity index (χ4n) is 1.31. The van der Waals surface area contributed by atoms with Crippen LogP contribution in [0.4, 0.5) is 11.4 Å². The summed E-state index contributed by atoms with van der Waals surface area (Å²) in [6.07, 6.45) is 0. The first kappa shape index (κ1) is 9.51. The molecule has 1 N–H and O–H groups in total. The zero-order valence-corrected chi connectivity index (χ0v) is 7.92. The molecule has 0 unspecified atom stereocenters. The maximum atomic E-state index is 10.6. The van der Waals surface area contributed by atoms with E-state index in [1.807, 2.05) is 13.0 Å². The van der Waals surface area contributed by atoms with Gasteiger partial charge in [0.15, 0.2) is 0 Å². The Morgan fingerprint density at radius 1 is 1.31 bits per heavy atom. The van der Waals surface area contributed by atoms with Crippen molar-refractivity contribution in [3.8, 4) is 0 Å². The number of nitrogens with one attached hydrogen (secondary N) is 1. The Bertz CT molecular complexity index is 348. The lowest BCUT2D eigenvalue weighted by Gasteiger charge is -2.06. The van der Waals surface area contributed by atoms with Gasteiger partial charge in [-0.25, -0.2) is 0 Å². The summed E-state index contributed by atoms with van der Waals surface area (Å²) < 4.78 is 0. The molecule has 1 aromatic rings. The second-order valence-electron chi connectivity index (χ2n) is 2.96. The van der Waals surface area contributed by atoms with Gasteiger partial charge in [-0.1, -0.05) is 0 Å². The van der Waals surface area contributed by atoms with Crippen LogP contribution in [0.15, 0.2) is 12.1 Å². The van der Waals surface area contributed by atoms with Crippen molar-refractivity contribution in [2.45, 2.75) is 13.8 Å². The first-order valence-corrected chi connectivity index (χ1v) is 3.99. The molecule has 0 aliphatic carbocycles. The molecule has 0 fully saturated rings. The van der Waals surface area contributed by atoms with Gasteiger partial charge in [0.05, 0.1) is 4.92 Å². The molecule has 0 radical (unpaired) electrons. The van der Waals surface area contributed by atoms with Crippen LogP contribution in [0.1, 0.15) is 11.1 Å². The number of aryl methyl sites for hydroxylation is 2. The fourth-order valence-corrected chi connectivity index (χ4v) is 1.31. The summed E-state index contributed by atoms with van der Waals surface area (Å²) in [6.45, 7) is 3.66. The minimum Gasteiger partial charge on any atom is -0.388 e. The minimum atomic E-state index is -0.365. The first-order valence-electron chi connectivity index (χ1n) is 3.99. The monoisotopic (exact) mass is 180 g/mol. The van der Waals surface area contributed by atoms with Crippen molar-refractivity contribution in [1.29, 1.82) is 0 Å². The highest BCUT2D eigenvalue weighted by atomic mass is 16.6. The molecule has 0 heterocycles. The normalized spacial score (nSPS) is 9.77. The van der Waals surface area contributed by atoms with Gasteiger partial charge in [0.25, 0.3) is 5.69 Å². The van der Waals surface area contributed by atoms with Crippen molar-refractivity contribution in [3.63, 3.8) is 0 Å². The van der Waals surface area contributed by atoms with Crippen LogP contribution < -0.4 is 5.32 Å². The summed E-state index contributed by atoms with van der Waals surface area (Å²) in [4.78, 5) is 10.2. The third kappa shape index (κ3) is 1.77. The van der Waals surface area contributed by atoms with Crippen LogP contribution in [0.2, 0.25) is 0 Å². The number of rotatable bonds is 2. The lowest BCUT2D eigenvalue weighted by Crippen LogP contribution is -1.97. The molecule has 4 heteroatoms. The van der Waals surface area contributed by atoms with Crippen molar-refractivity contribution in [1.82, 2.24) is 0 Å². The van der Waals surface area contributed by atoms with Crippen molar-refractivity contribution >= 4 is 11.4 Å². The third-order valence-electron chi connectivity index (χ3n) is 2.01. The smallest absolute Gasteiger partial charge is 0.274 e. The van der Waals surface area contributed by atoms with Crippen LogP contribution in [0.3, 0.4) is 0 Å². The van der Waals surface area contributed by atoms with Crippen LogP contribution in [0.25, 0.3) is 0 Å². The molecule has 0 aromatic heterocycles. The maximum Gasteiger partial charge on any atom is 0.274 e. The molecular weight excluding hydrogens is 168 g/mol. The lowest BCUT2D eigenvalue weighted by atomic mass is 10.1. The molecular formula is C9H12N2O2. The van der Waals surface area contributed by atoms with Crippen LogP contribution in [-0.4, -0.2) is 12.0 Å². The standard InChI is InChI=1S/C9H12N2O2/c1-6-4-7(2)9(11(12)13)5-8(6)10-3/h4-5,10H,1-3H3. The molecule has 0 aliphatic heterocycles. The summed E-state index contributed by atoms with van der Waals surface area (Å²) in [5.74, 6) is 0. The number of hydrogen-bond donors (Lipinski definition) is 1. The van der Waals surface area contributed by atoms with Crippen molar-refractivity contribution in [2.75, 3.05) is 12.4 Å². The van der Waals surface area contributed by atoms with Crippen LogP contribution in [0.5, 0.6) is 0 Å². The number of nitrogens with zero attached hydrogens (tertiary/aromatic N) is 1. The van der Waals surface area contributed by atoms with Gasteiger partial charge in [-0.3, -0.25) is 10.1 Å². The van der Waals surface area contributed by atoms with Crippen molar-refractivity contribution in [3.05, 3.63) is 33.4 Å². The van der Waals surface area contributed by atoms with E-state index in [0.717, 1.165) is 11.3 Å². The van der Waals surface area contributed by atoms with Gasteiger partial charge in [-0.15, -0.1) is 0 Å². The predicted octanol–water partition coefficient (Wildman–Crippen LogP) is 2.25.